The van der Waals surface area contributed by atoms with Gasteiger partial charge in [-0.3, -0.25) is 4.79 Å². The number of carbonyl (C=O) groups excluding carboxylic acids is 1. The third kappa shape index (κ3) is 4.78. The van der Waals surface area contributed by atoms with Gasteiger partial charge in [-0.05, 0) is 65.7 Å². The first kappa shape index (κ1) is 24.9. The highest BCUT2D eigenvalue weighted by atomic mass is 19.2. The number of amides is 1. The number of fused-ring (bicyclic) bond motifs is 1. The molecule has 0 spiro atoms. The van der Waals surface area contributed by atoms with Crippen molar-refractivity contribution in [2.75, 3.05) is 11.9 Å². The van der Waals surface area contributed by atoms with Crippen LogP contribution in [0.5, 0.6) is 0 Å². The van der Waals surface area contributed by atoms with Crippen molar-refractivity contribution in [2.24, 2.45) is 0 Å². The second-order valence-corrected chi connectivity index (χ2v) is 9.17. The van der Waals surface area contributed by atoms with Crippen LogP contribution in [-0.4, -0.2) is 37.9 Å². The number of rotatable bonds is 7. The Bertz CT molecular complexity index is 1830. The van der Waals surface area contributed by atoms with E-state index in [9.17, 15) is 13.6 Å². The van der Waals surface area contributed by atoms with Gasteiger partial charge < -0.3 is 20.2 Å². The lowest BCUT2D eigenvalue weighted by molar-refractivity contribution is 0.0951. The number of halogens is 2. The van der Waals surface area contributed by atoms with Crippen molar-refractivity contribution in [1.82, 2.24) is 30.2 Å². The molecular formula is C30H23F2N7O. The summed E-state index contributed by atoms with van der Waals surface area (Å²) in [4.78, 5) is 34.8. The summed E-state index contributed by atoms with van der Waals surface area (Å²) in [5, 5.41) is 3.71. The fourth-order valence-electron chi connectivity index (χ4n) is 4.55. The fraction of sp³-hybridized carbons (Fsp3) is 0.0667. The Labute approximate surface area is 227 Å². The van der Waals surface area contributed by atoms with Gasteiger partial charge in [0.15, 0.2) is 11.6 Å². The van der Waals surface area contributed by atoms with Crippen LogP contribution >= 0.6 is 0 Å². The summed E-state index contributed by atoms with van der Waals surface area (Å²) in [7, 11) is 1.78. The van der Waals surface area contributed by atoms with Gasteiger partial charge in [-0.1, -0.05) is 6.07 Å². The van der Waals surface area contributed by atoms with Gasteiger partial charge in [-0.15, -0.1) is 0 Å². The Morgan fingerprint density at radius 1 is 0.925 bits per heavy atom. The molecule has 0 saturated heterocycles. The molecule has 0 atom stereocenters. The van der Waals surface area contributed by atoms with E-state index in [2.05, 4.69) is 36.3 Å². The van der Waals surface area contributed by atoms with Crippen LogP contribution in [0.2, 0.25) is 0 Å². The number of nitrogens with one attached hydrogen (secondary N) is 3. The van der Waals surface area contributed by atoms with Crippen LogP contribution in [0.4, 0.5) is 20.4 Å². The second kappa shape index (κ2) is 10.4. The summed E-state index contributed by atoms with van der Waals surface area (Å²) in [6, 6.07) is 16.7. The molecule has 6 rings (SSSR count). The van der Waals surface area contributed by atoms with E-state index in [1.165, 1.54) is 6.07 Å². The van der Waals surface area contributed by atoms with Gasteiger partial charge in [-0.25, -0.2) is 23.7 Å². The average molecular weight is 536 g/mol. The topological polar surface area (TPSA) is 103 Å². The molecule has 1 aromatic carbocycles. The SMILES string of the molecule is CN(c1cc(-c2c[nH]c3ncc(-c4ccc[nH]4)cc23)ccn1)c1ncccc1C(=O)NCc1ccc(F)c(F)c1. The lowest BCUT2D eigenvalue weighted by Gasteiger charge is -2.20. The van der Waals surface area contributed by atoms with Crippen LogP contribution in [-0.2, 0) is 6.54 Å². The first-order valence-corrected chi connectivity index (χ1v) is 12.5. The van der Waals surface area contributed by atoms with E-state index < -0.39 is 17.5 Å². The van der Waals surface area contributed by atoms with E-state index in [0.29, 0.717) is 22.8 Å². The van der Waals surface area contributed by atoms with Gasteiger partial charge >= 0.3 is 0 Å². The van der Waals surface area contributed by atoms with Crippen LogP contribution < -0.4 is 10.2 Å². The van der Waals surface area contributed by atoms with Crippen LogP contribution in [0.3, 0.4) is 0 Å². The number of benzene rings is 1. The molecule has 0 aliphatic carbocycles. The quantitative estimate of drug-likeness (QED) is 0.233. The summed E-state index contributed by atoms with van der Waals surface area (Å²) in [6.45, 7) is 0.0287. The molecule has 0 aliphatic rings. The first-order chi connectivity index (χ1) is 19.5. The molecular weight excluding hydrogens is 512 g/mol. The largest absolute Gasteiger partial charge is 0.361 e. The Morgan fingerprint density at radius 2 is 1.82 bits per heavy atom. The van der Waals surface area contributed by atoms with Crippen molar-refractivity contribution in [3.05, 3.63) is 114 Å². The number of hydrogen-bond acceptors (Lipinski definition) is 5. The van der Waals surface area contributed by atoms with Crippen LogP contribution in [0.25, 0.3) is 33.4 Å². The van der Waals surface area contributed by atoms with E-state index in [4.69, 9.17) is 0 Å². The summed E-state index contributed by atoms with van der Waals surface area (Å²) in [5.41, 5.74) is 5.33. The van der Waals surface area contributed by atoms with Crippen molar-refractivity contribution in [2.45, 2.75) is 6.54 Å². The van der Waals surface area contributed by atoms with Crippen LogP contribution in [0.1, 0.15) is 15.9 Å². The molecule has 0 saturated carbocycles. The highest BCUT2D eigenvalue weighted by molar-refractivity contribution is 6.00. The molecule has 0 fully saturated rings. The first-order valence-electron chi connectivity index (χ1n) is 12.5. The number of H-pyrrole nitrogens is 2. The molecule has 198 valence electrons. The van der Waals surface area contributed by atoms with Gasteiger partial charge in [0, 0.05) is 66.8 Å². The standard InChI is InChI=1S/C30H23F2N7O/c1-39(29-21(4-2-10-35-29)30(40)38-15-18-6-7-24(31)25(32)12-18)27-14-19(8-11-34-27)23-17-37-28-22(23)13-20(16-36-28)26-5-3-9-33-26/h2-14,16-17,33H,15H2,1H3,(H,36,37)(H,38,40). The number of pyridine rings is 3. The minimum atomic E-state index is -0.967. The molecule has 3 N–H and O–H groups in total. The Balaban J connectivity index is 1.28. The van der Waals surface area contributed by atoms with Gasteiger partial charge in [0.1, 0.15) is 17.3 Å². The van der Waals surface area contributed by atoms with Gasteiger partial charge in [0.25, 0.3) is 5.91 Å². The molecule has 10 heteroatoms. The third-order valence-electron chi connectivity index (χ3n) is 6.63. The van der Waals surface area contributed by atoms with Gasteiger partial charge in [0.05, 0.1) is 5.56 Å². The molecule has 8 nitrogen and oxygen atoms in total. The second-order valence-electron chi connectivity index (χ2n) is 9.17. The van der Waals surface area contributed by atoms with Gasteiger partial charge in [-0.2, -0.15) is 0 Å². The minimum absolute atomic E-state index is 0.0287. The normalized spacial score (nSPS) is 11.1. The molecule has 0 bridgehead atoms. The zero-order valence-electron chi connectivity index (χ0n) is 21.3. The molecule has 0 unspecified atom stereocenters. The predicted octanol–water partition coefficient (Wildman–Crippen LogP) is 5.99. The molecule has 0 radical (unpaired) electrons. The molecule has 1 amide bonds. The number of aromatic nitrogens is 5. The van der Waals surface area contributed by atoms with E-state index in [1.54, 1.807) is 36.5 Å². The smallest absolute Gasteiger partial charge is 0.255 e. The monoisotopic (exact) mass is 535 g/mol. The average Bonchev–Trinajstić information content (AvgIpc) is 3.68. The number of nitrogens with zero attached hydrogens (tertiary/aromatic N) is 4. The number of hydrogen-bond donors (Lipinski definition) is 3. The Hall–Kier alpha value is -5.38. The van der Waals surface area contributed by atoms with Crippen LogP contribution in [0.15, 0.2) is 91.6 Å². The lowest BCUT2D eigenvalue weighted by Crippen LogP contribution is -2.26. The van der Waals surface area contributed by atoms with Crippen molar-refractivity contribution in [1.29, 1.82) is 0 Å². The van der Waals surface area contributed by atoms with E-state index in [0.717, 1.165) is 45.6 Å². The van der Waals surface area contributed by atoms with Gasteiger partial charge in [0.2, 0.25) is 0 Å². The highest BCUT2D eigenvalue weighted by Gasteiger charge is 2.19. The Kier molecular flexibility index (Phi) is 6.49. The number of anilines is 2. The molecule has 0 aliphatic heterocycles. The number of carbonyl (C=O) groups is 1. The maximum Gasteiger partial charge on any atom is 0.255 e. The van der Waals surface area contributed by atoms with E-state index in [1.807, 2.05) is 42.9 Å². The van der Waals surface area contributed by atoms with E-state index in [-0.39, 0.29) is 6.54 Å². The molecule has 5 heterocycles. The highest BCUT2D eigenvalue weighted by Crippen LogP contribution is 2.33. The van der Waals surface area contributed by atoms with Crippen molar-refractivity contribution in [3.63, 3.8) is 0 Å². The summed E-state index contributed by atoms with van der Waals surface area (Å²) in [6.07, 6.45) is 8.90. The van der Waals surface area contributed by atoms with E-state index >= 15 is 0 Å². The number of aromatic amines is 2. The predicted molar refractivity (Wildman–Crippen MR) is 149 cm³/mol. The lowest BCUT2D eigenvalue weighted by atomic mass is 10.1. The fourth-order valence-corrected chi connectivity index (χ4v) is 4.55. The zero-order valence-corrected chi connectivity index (χ0v) is 21.3. The van der Waals surface area contributed by atoms with Crippen LogP contribution in [0, 0.1) is 11.6 Å². The summed E-state index contributed by atoms with van der Waals surface area (Å²) >= 11 is 0. The molecule has 5 aromatic heterocycles. The maximum absolute atomic E-state index is 13.6. The maximum atomic E-state index is 13.6. The summed E-state index contributed by atoms with van der Waals surface area (Å²) in [5.74, 6) is -1.34. The van der Waals surface area contributed by atoms with Crippen molar-refractivity contribution < 1.29 is 13.6 Å². The Morgan fingerprint density at radius 3 is 2.65 bits per heavy atom. The summed E-state index contributed by atoms with van der Waals surface area (Å²) < 4.78 is 26.8. The third-order valence-corrected chi connectivity index (χ3v) is 6.63. The molecule has 6 aromatic rings. The minimum Gasteiger partial charge on any atom is -0.361 e. The molecule has 40 heavy (non-hydrogen) atoms. The van der Waals surface area contributed by atoms with Crippen molar-refractivity contribution in [3.8, 4) is 22.4 Å². The zero-order chi connectivity index (χ0) is 27.6. The van der Waals surface area contributed by atoms with Crippen molar-refractivity contribution >= 4 is 28.6 Å².